The SMILES string of the molecule is CN1CC(NCc2ccncn2)CCC1=O. The quantitative estimate of drug-likeness (QED) is 0.790. The smallest absolute Gasteiger partial charge is 0.222 e. The minimum atomic E-state index is 0.236. The van der Waals surface area contributed by atoms with Gasteiger partial charge in [-0.05, 0) is 12.5 Å². The second kappa shape index (κ2) is 5.03. The van der Waals surface area contributed by atoms with Crippen LogP contribution in [0.5, 0.6) is 0 Å². The van der Waals surface area contributed by atoms with Gasteiger partial charge in [-0.3, -0.25) is 4.79 Å². The van der Waals surface area contributed by atoms with Crippen molar-refractivity contribution in [1.82, 2.24) is 20.2 Å². The topological polar surface area (TPSA) is 58.1 Å². The maximum absolute atomic E-state index is 11.3. The van der Waals surface area contributed by atoms with Gasteiger partial charge >= 0.3 is 0 Å². The van der Waals surface area contributed by atoms with E-state index in [9.17, 15) is 4.79 Å². The van der Waals surface area contributed by atoms with Gasteiger partial charge in [-0.25, -0.2) is 9.97 Å². The Morgan fingerprint density at radius 2 is 2.50 bits per heavy atom. The molecule has 0 aromatic carbocycles. The molecule has 0 saturated carbocycles. The highest BCUT2D eigenvalue weighted by Gasteiger charge is 2.22. The predicted molar refractivity (Wildman–Crippen MR) is 59.5 cm³/mol. The van der Waals surface area contributed by atoms with E-state index in [1.54, 1.807) is 17.4 Å². The van der Waals surface area contributed by atoms with Gasteiger partial charge in [0.05, 0.1) is 5.69 Å². The molecule has 0 radical (unpaired) electrons. The number of nitrogens with one attached hydrogen (secondary N) is 1. The molecule has 0 spiro atoms. The first-order chi connectivity index (χ1) is 7.75. The number of aromatic nitrogens is 2. The Kier molecular flexibility index (Phi) is 3.46. The van der Waals surface area contributed by atoms with Gasteiger partial charge in [0.1, 0.15) is 6.33 Å². The van der Waals surface area contributed by atoms with Crippen LogP contribution in [-0.2, 0) is 11.3 Å². The largest absolute Gasteiger partial charge is 0.344 e. The van der Waals surface area contributed by atoms with E-state index in [4.69, 9.17) is 0 Å². The predicted octanol–water partition coefficient (Wildman–Crippen LogP) is 0.187. The third-order valence-electron chi connectivity index (χ3n) is 2.84. The Morgan fingerprint density at radius 1 is 1.62 bits per heavy atom. The van der Waals surface area contributed by atoms with Crippen LogP contribution in [0.15, 0.2) is 18.6 Å². The lowest BCUT2D eigenvalue weighted by atomic mass is 10.1. The number of carbonyl (C=O) groups excluding carboxylic acids is 1. The molecule has 1 atom stereocenters. The highest BCUT2D eigenvalue weighted by molar-refractivity contribution is 5.76. The second-order valence-corrected chi connectivity index (χ2v) is 4.09. The van der Waals surface area contributed by atoms with E-state index >= 15 is 0 Å². The normalized spacial score (nSPS) is 21.2. The molecule has 5 heteroatoms. The van der Waals surface area contributed by atoms with Crippen LogP contribution in [0.25, 0.3) is 0 Å². The maximum atomic E-state index is 11.3. The van der Waals surface area contributed by atoms with Gasteiger partial charge in [-0.1, -0.05) is 0 Å². The monoisotopic (exact) mass is 220 g/mol. The Balaban J connectivity index is 1.81. The van der Waals surface area contributed by atoms with Crippen LogP contribution >= 0.6 is 0 Å². The third-order valence-corrected chi connectivity index (χ3v) is 2.84. The lowest BCUT2D eigenvalue weighted by Gasteiger charge is -2.30. The molecule has 1 N–H and O–H groups in total. The molecular formula is C11H16N4O. The summed E-state index contributed by atoms with van der Waals surface area (Å²) in [4.78, 5) is 21.1. The summed E-state index contributed by atoms with van der Waals surface area (Å²) < 4.78 is 0. The number of likely N-dealkylation sites (tertiary alicyclic amines) is 1. The zero-order chi connectivity index (χ0) is 11.4. The van der Waals surface area contributed by atoms with Gasteiger partial charge in [0.15, 0.2) is 0 Å². The molecule has 2 heterocycles. The van der Waals surface area contributed by atoms with Gasteiger partial charge < -0.3 is 10.2 Å². The number of hydrogen-bond acceptors (Lipinski definition) is 4. The average Bonchev–Trinajstić information content (AvgIpc) is 2.32. The van der Waals surface area contributed by atoms with E-state index in [1.165, 1.54) is 0 Å². The molecule has 1 fully saturated rings. The molecule has 0 bridgehead atoms. The summed E-state index contributed by atoms with van der Waals surface area (Å²) in [5.74, 6) is 0.236. The lowest BCUT2D eigenvalue weighted by molar-refractivity contribution is -0.132. The molecule has 86 valence electrons. The first-order valence-corrected chi connectivity index (χ1v) is 5.48. The minimum absolute atomic E-state index is 0.236. The number of likely N-dealkylation sites (N-methyl/N-ethyl adjacent to an activating group) is 1. The van der Waals surface area contributed by atoms with Crippen LogP contribution in [0.3, 0.4) is 0 Å². The van der Waals surface area contributed by atoms with Gasteiger partial charge in [0.25, 0.3) is 0 Å². The zero-order valence-electron chi connectivity index (χ0n) is 9.39. The Bertz CT molecular complexity index is 354. The first-order valence-electron chi connectivity index (χ1n) is 5.48. The van der Waals surface area contributed by atoms with Gasteiger partial charge in [-0.15, -0.1) is 0 Å². The summed E-state index contributed by atoms with van der Waals surface area (Å²) in [6.45, 7) is 1.51. The highest BCUT2D eigenvalue weighted by Crippen LogP contribution is 2.09. The van der Waals surface area contributed by atoms with Gasteiger partial charge in [0, 0.05) is 38.8 Å². The summed E-state index contributed by atoms with van der Waals surface area (Å²) >= 11 is 0. The van der Waals surface area contributed by atoms with Crippen molar-refractivity contribution < 1.29 is 4.79 Å². The molecule has 1 unspecified atom stereocenters. The van der Waals surface area contributed by atoms with Crippen LogP contribution in [0.4, 0.5) is 0 Å². The van der Waals surface area contributed by atoms with Crippen molar-refractivity contribution in [3.8, 4) is 0 Å². The summed E-state index contributed by atoms with van der Waals surface area (Å²) in [6.07, 6.45) is 4.83. The molecule has 1 amide bonds. The summed E-state index contributed by atoms with van der Waals surface area (Å²) in [5.41, 5.74) is 0.981. The van der Waals surface area contributed by atoms with Gasteiger partial charge in [0.2, 0.25) is 5.91 Å². The molecule has 1 saturated heterocycles. The molecule has 2 rings (SSSR count). The van der Waals surface area contributed by atoms with Crippen molar-refractivity contribution in [3.05, 3.63) is 24.3 Å². The molecule has 0 aliphatic carbocycles. The van der Waals surface area contributed by atoms with Crippen LogP contribution in [0, 0.1) is 0 Å². The zero-order valence-corrected chi connectivity index (χ0v) is 9.39. The fourth-order valence-electron chi connectivity index (χ4n) is 1.85. The molecule has 5 nitrogen and oxygen atoms in total. The van der Waals surface area contributed by atoms with E-state index in [0.29, 0.717) is 12.5 Å². The van der Waals surface area contributed by atoms with Crippen molar-refractivity contribution in [2.75, 3.05) is 13.6 Å². The molecule has 1 aromatic rings. The summed E-state index contributed by atoms with van der Waals surface area (Å²) in [5, 5.41) is 3.40. The Morgan fingerprint density at radius 3 is 3.19 bits per heavy atom. The average molecular weight is 220 g/mol. The standard InChI is InChI=1S/C11H16N4O/c1-15-7-10(2-3-11(15)16)13-6-9-4-5-12-8-14-9/h4-5,8,10,13H,2-3,6-7H2,1H3. The van der Waals surface area contributed by atoms with E-state index < -0.39 is 0 Å². The molecule has 1 aromatic heterocycles. The van der Waals surface area contributed by atoms with Crippen LogP contribution in [-0.4, -0.2) is 40.4 Å². The maximum Gasteiger partial charge on any atom is 0.222 e. The first kappa shape index (κ1) is 11.0. The van der Waals surface area contributed by atoms with E-state index in [1.807, 2.05) is 13.1 Å². The number of carbonyl (C=O) groups is 1. The van der Waals surface area contributed by atoms with E-state index in [0.717, 1.165) is 25.2 Å². The third kappa shape index (κ3) is 2.76. The number of rotatable bonds is 3. The Labute approximate surface area is 94.9 Å². The number of amides is 1. The fraction of sp³-hybridized carbons (Fsp3) is 0.545. The number of hydrogen-bond donors (Lipinski definition) is 1. The fourth-order valence-corrected chi connectivity index (χ4v) is 1.85. The second-order valence-electron chi connectivity index (χ2n) is 4.09. The van der Waals surface area contributed by atoms with Crippen molar-refractivity contribution >= 4 is 5.91 Å². The van der Waals surface area contributed by atoms with Crippen LogP contribution < -0.4 is 5.32 Å². The van der Waals surface area contributed by atoms with Gasteiger partial charge in [-0.2, -0.15) is 0 Å². The summed E-state index contributed by atoms with van der Waals surface area (Å²) in [7, 11) is 1.85. The number of piperidine rings is 1. The van der Waals surface area contributed by atoms with Crippen molar-refractivity contribution in [2.24, 2.45) is 0 Å². The van der Waals surface area contributed by atoms with E-state index in [-0.39, 0.29) is 5.91 Å². The molecule has 1 aliphatic rings. The highest BCUT2D eigenvalue weighted by atomic mass is 16.2. The van der Waals surface area contributed by atoms with E-state index in [2.05, 4.69) is 15.3 Å². The lowest BCUT2D eigenvalue weighted by Crippen LogP contribution is -2.46. The van der Waals surface area contributed by atoms with Crippen molar-refractivity contribution in [2.45, 2.75) is 25.4 Å². The van der Waals surface area contributed by atoms with Crippen LogP contribution in [0.1, 0.15) is 18.5 Å². The molecule has 16 heavy (non-hydrogen) atoms. The van der Waals surface area contributed by atoms with Crippen molar-refractivity contribution in [1.29, 1.82) is 0 Å². The minimum Gasteiger partial charge on any atom is -0.344 e. The number of nitrogens with zero attached hydrogens (tertiary/aromatic N) is 3. The van der Waals surface area contributed by atoms with Crippen LogP contribution in [0.2, 0.25) is 0 Å². The Hall–Kier alpha value is -1.49. The summed E-state index contributed by atoms with van der Waals surface area (Å²) in [6, 6.07) is 2.27. The molecule has 1 aliphatic heterocycles. The van der Waals surface area contributed by atoms with Crippen molar-refractivity contribution in [3.63, 3.8) is 0 Å². The molecular weight excluding hydrogens is 204 g/mol.